The van der Waals surface area contributed by atoms with E-state index in [4.69, 9.17) is 4.42 Å². The third kappa shape index (κ3) is 3.45. The molecular formula is C17H17N3O4. The van der Waals surface area contributed by atoms with Crippen LogP contribution in [0.2, 0.25) is 0 Å². The molecule has 0 aliphatic carbocycles. The Bertz CT molecular complexity index is 747. The molecule has 0 atom stereocenters. The number of carbonyl (C=O) groups is 1. The Balaban J connectivity index is 1.62. The first kappa shape index (κ1) is 15.8. The normalized spacial score (nSPS) is 15.0. The van der Waals surface area contributed by atoms with Crippen LogP contribution in [0.3, 0.4) is 0 Å². The molecule has 3 rings (SSSR count). The zero-order valence-electron chi connectivity index (χ0n) is 13.0. The number of amides is 1. The highest BCUT2D eigenvalue weighted by molar-refractivity contribution is 5.91. The summed E-state index contributed by atoms with van der Waals surface area (Å²) >= 11 is 0. The second kappa shape index (κ2) is 6.99. The van der Waals surface area contributed by atoms with Gasteiger partial charge in [-0.05, 0) is 24.3 Å². The van der Waals surface area contributed by atoms with E-state index in [1.807, 2.05) is 4.90 Å². The lowest BCUT2D eigenvalue weighted by atomic mass is 10.2. The summed E-state index contributed by atoms with van der Waals surface area (Å²) in [5.41, 5.74) is 0.690. The second-order valence-electron chi connectivity index (χ2n) is 5.41. The molecule has 1 amide bonds. The second-order valence-corrected chi connectivity index (χ2v) is 5.41. The van der Waals surface area contributed by atoms with Crippen LogP contribution in [0.5, 0.6) is 0 Å². The fraction of sp³-hybridized carbons (Fsp3) is 0.235. The summed E-state index contributed by atoms with van der Waals surface area (Å²) in [7, 11) is 0. The molecule has 2 aromatic rings. The van der Waals surface area contributed by atoms with Gasteiger partial charge in [0.05, 0.1) is 11.2 Å². The summed E-state index contributed by atoms with van der Waals surface area (Å²) in [6.07, 6.45) is 4.67. The number of anilines is 1. The molecule has 24 heavy (non-hydrogen) atoms. The van der Waals surface area contributed by atoms with E-state index in [0.717, 1.165) is 0 Å². The molecule has 124 valence electrons. The number of para-hydroxylation sites is 2. The van der Waals surface area contributed by atoms with E-state index in [2.05, 4.69) is 0 Å². The van der Waals surface area contributed by atoms with Gasteiger partial charge in [-0.3, -0.25) is 14.9 Å². The van der Waals surface area contributed by atoms with Crippen LogP contribution in [-0.4, -0.2) is 41.9 Å². The van der Waals surface area contributed by atoms with Gasteiger partial charge >= 0.3 is 0 Å². The van der Waals surface area contributed by atoms with Crippen molar-refractivity contribution in [1.29, 1.82) is 0 Å². The Morgan fingerprint density at radius 1 is 1.12 bits per heavy atom. The van der Waals surface area contributed by atoms with E-state index in [1.54, 1.807) is 47.6 Å². The summed E-state index contributed by atoms with van der Waals surface area (Å²) in [6.45, 7) is 2.16. The third-order valence-corrected chi connectivity index (χ3v) is 3.94. The van der Waals surface area contributed by atoms with Crippen LogP contribution in [-0.2, 0) is 4.79 Å². The first-order chi connectivity index (χ1) is 11.6. The molecule has 1 saturated heterocycles. The largest absolute Gasteiger partial charge is 0.465 e. The SMILES string of the molecule is O=C(/C=C/c1ccco1)N1CCN(c2ccccc2[N+](=O)[O-])CC1. The first-order valence-electron chi connectivity index (χ1n) is 7.64. The van der Waals surface area contributed by atoms with Crippen LogP contribution in [0.15, 0.2) is 53.2 Å². The van der Waals surface area contributed by atoms with E-state index >= 15 is 0 Å². The minimum absolute atomic E-state index is 0.0892. The zero-order chi connectivity index (χ0) is 16.9. The Morgan fingerprint density at radius 2 is 1.88 bits per heavy atom. The summed E-state index contributed by atoms with van der Waals surface area (Å²) in [6, 6.07) is 10.2. The summed E-state index contributed by atoms with van der Waals surface area (Å²) in [5, 5.41) is 11.1. The Morgan fingerprint density at radius 3 is 2.54 bits per heavy atom. The number of piperazine rings is 1. The number of nitro groups is 1. The highest BCUT2D eigenvalue weighted by Crippen LogP contribution is 2.28. The van der Waals surface area contributed by atoms with Crippen LogP contribution < -0.4 is 4.90 Å². The van der Waals surface area contributed by atoms with E-state index in [1.165, 1.54) is 12.1 Å². The fourth-order valence-electron chi connectivity index (χ4n) is 2.70. The van der Waals surface area contributed by atoms with Crippen LogP contribution in [0.25, 0.3) is 6.08 Å². The average molecular weight is 327 g/mol. The number of carbonyl (C=O) groups excluding carboxylic acids is 1. The van der Waals surface area contributed by atoms with E-state index < -0.39 is 0 Å². The maximum atomic E-state index is 12.2. The van der Waals surface area contributed by atoms with Gasteiger partial charge in [0.25, 0.3) is 5.69 Å². The van der Waals surface area contributed by atoms with Gasteiger partial charge in [-0.25, -0.2) is 0 Å². The highest BCUT2D eigenvalue weighted by Gasteiger charge is 2.24. The molecule has 0 spiro atoms. The van der Waals surface area contributed by atoms with Crippen molar-refractivity contribution in [2.45, 2.75) is 0 Å². The molecule has 0 radical (unpaired) electrons. The molecule has 7 nitrogen and oxygen atoms in total. The quantitative estimate of drug-likeness (QED) is 0.490. The summed E-state index contributed by atoms with van der Waals surface area (Å²) < 4.78 is 5.15. The lowest BCUT2D eigenvalue weighted by Crippen LogP contribution is -2.48. The van der Waals surface area contributed by atoms with Gasteiger partial charge < -0.3 is 14.2 Å². The summed E-state index contributed by atoms with van der Waals surface area (Å²) in [5.74, 6) is 0.538. The Hall–Kier alpha value is -3.09. The average Bonchev–Trinajstić information content (AvgIpc) is 3.13. The number of nitrogens with zero attached hydrogens (tertiary/aromatic N) is 3. The van der Waals surface area contributed by atoms with Crippen molar-refractivity contribution in [3.8, 4) is 0 Å². The molecule has 1 fully saturated rings. The van der Waals surface area contributed by atoms with Gasteiger partial charge in [-0.2, -0.15) is 0 Å². The molecule has 1 aliphatic rings. The molecule has 1 aromatic heterocycles. The Labute approximate surface area is 138 Å². The van der Waals surface area contributed by atoms with Crippen LogP contribution >= 0.6 is 0 Å². The number of benzene rings is 1. The van der Waals surface area contributed by atoms with Crippen LogP contribution in [0, 0.1) is 10.1 Å². The van der Waals surface area contributed by atoms with Crippen molar-refractivity contribution in [3.63, 3.8) is 0 Å². The first-order valence-corrected chi connectivity index (χ1v) is 7.64. The fourth-order valence-corrected chi connectivity index (χ4v) is 2.70. The number of furan rings is 1. The highest BCUT2D eigenvalue weighted by atomic mass is 16.6. The van der Waals surface area contributed by atoms with Crippen LogP contribution in [0.4, 0.5) is 11.4 Å². The molecule has 1 aromatic carbocycles. The Kier molecular flexibility index (Phi) is 4.60. The molecule has 0 unspecified atom stereocenters. The topological polar surface area (TPSA) is 79.8 Å². The number of rotatable bonds is 4. The van der Waals surface area contributed by atoms with Crippen molar-refractivity contribution >= 4 is 23.4 Å². The number of hydrogen-bond donors (Lipinski definition) is 0. The van der Waals surface area contributed by atoms with Crippen molar-refractivity contribution in [2.24, 2.45) is 0 Å². The lowest BCUT2D eigenvalue weighted by molar-refractivity contribution is -0.384. The third-order valence-electron chi connectivity index (χ3n) is 3.94. The summed E-state index contributed by atoms with van der Waals surface area (Å²) in [4.78, 5) is 26.6. The number of nitro benzene ring substituents is 1. The molecule has 1 aliphatic heterocycles. The molecular weight excluding hydrogens is 310 g/mol. The molecule has 0 saturated carbocycles. The molecule has 0 bridgehead atoms. The van der Waals surface area contributed by atoms with E-state index in [0.29, 0.717) is 37.6 Å². The van der Waals surface area contributed by atoms with Crippen molar-refractivity contribution in [2.75, 3.05) is 31.1 Å². The van der Waals surface area contributed by atoms with E-state index in [9.17, 15) is 14.9 Å². The monoisotopic (exact) mass is 327 g/mol. The van der Waals surface area contributed by atoms with Gasteiger partial charge in [0.1, 0.15) is 11.4 Å². The maximum Gasteiger partial charge on any atom is 0.292 e. The smallest absolute Gasteiger partial charge is 0.292 e. The predicted octanol–water partition coefficient (Wildman–Crippen LogP) is 2.55. The molecule has 0 N–H and O–H groups in total. The minimum Gasteiger partial charge on any atom is -0.465 e. The van der Waals surface area contributed by atoms with Gasteiger partial charge in [-0.1, -0.05) is 12.1 Å². The standard InChI is InChI=1S/C17H17N3O4/c21-17(8-7-14-4-3-13-24-14)19-11-9-18(10-12-19)15-5-1-2-6-16(15)20(22)23/h1-8,13H,9-12H2/b8-7+. The van der Waals surface area contributed by atoms with Crippen molar-refractivity contribution in [3.05, 3.63) is 64.6 Å². The minimum atomic E-state index is -0.376. The van der Waals surface area contributed by atoms with E-state index in [-0.39, 0.29) is 16.5 Å². The molecule has 2 heterocycles. The number of hydrogen-bond acceptors (Lipinski definition) is 5. The van der Waals surface area contributed by atoms with Crippen molar-refractivity contribution < 1.29 is 14.1 Å². The van der Waals surface area contributed by atoms with Crippen LogP contribution in [0.1, 0.15) is 5.76 Å². The predicted molar refractivity (Wildman–Crippen MR) is 89.6 cm³/mol. The lowest BCUT2D eigenvalue weighted by Gasteiger charge is -2.35. The maximum absolute atomic E-state index is 12.2. The molecule has 7 heteroatoms. The van der Waals surface area contributed by atoms with Gasteiger partial charge in [0.2, 0.25) is 5.91 Å². The van der Waals surface area contributed by atoms with Crippen molar-refractivity contribution in [1.82, 2.24) is 4.90 Å². The van der Waals surface area contributed by atoms with Gasteiger partial charge in [-0.15, -0.1) is 0 Å². The van der Waals surface area contributed by atoms with Gasteiger partial charge in [0, 0.05) is 38.3 Å². The zero-order valence-corrected chi connectivity index (χ0v) is 13.0. The van der Waals surface area contributed by atoms with Gasteiger partial charge in [0.15, 0.2) is 0 Å².